The van der Waals surface area contributed by atoms with Gasteiger partial charge in [-0.1, -0.05) is 11.6 Å². The number of pyridine rings is 2. The molecule has 29 heavy (non-hydrogen) atoms. The summed E-state index contributed by atoms with van der Waals surface area (Å²) < 4.78 is 7.28. The van der Waals surface area contributed by atoms with E-state index >= 15 is 0 Å². The quantitative estimate of drug-likeness (QED) is 0.644. The van der Waals surface area contributed by atoms with Gasteiger partial charge in [-0.2, -0.15) is 5.10 Å². The van der Waals surface area contributed by atoms with E-state index in [1.807, 2.05) is 11.6 Å². The first-order valence-electron chi connectivity index (χ1n) is 9.73. The minimum atomic E-state index is -0.213. The number of nitrogens with one attached hydrogen (secondary N) is 2. The van der Waals surface area contributed by atoms with Crippen molar-refractivity contribution in [2.75, 3.05) is 18.5 Å². The van der Waals surface area contributed by atoms with Gasteiger partial charge in [0.25, 0.3) is 5.91 Å². The van der Waals surface area contributed by atoms with Crippen molar-refractivity contribution < 1.29 is 9.53 Å². The number of aromatic nitrogens is 4. The summed E-state index contributed by atoms with van der Waals surface area (Å²) in [7, 11) is 0. The molecule has 4 heterocycles. The predicted octanol–water partition coefficient (Wildman–Crippen LogP) is 3.02. The molecule has 4 rings (SSSR count). The molecule has 0 radical (unpaired) electrons. The molecule has 1 aliphatic rings. The summed E-state index contributed by atoms with van der Waals surface area (Å²) in [5, 5.41) is 12.3. The van der Waals surface area contributed by atoms with E-state index in [2.05, 4.69) is 25.7 Å². The maximum atomic E-state index is 13.0. The van der Waals surface area contributed by atoms with Crippen LogP contribution in [0.1, 0.15) is 35.8 Å². The summed E-state index contributed by atoms with van der Waals surface area (Å²) in [6.07, 6.45) is 6.73. The van der Waals surface area contributed by atoms with Crippen LogP contribution in [0.25, 0.3) is 11.0 Å². The van der Waals surface area contributed by atoms with E-state index in [9.17, 15) is 4.79 Å². The van der Waals surface area contributed by atoms with Gasteiger partial charge in [0.15, 0.2) is 5.65 Å². The Kier molecular flexibility index (Phi) is 5.92. The molecular weight excluding hydrogens is 392 g/mol. The van der Waals surface area contributed by atoms with Crippen LogP contribution < -0.4 is 10.6 Å². The number of hydrogen-bond donors (Lipinski definition) is 2. The highest BCUT2D eigenvalue weighted by atomic mass is 35.5. The fourth-order valence-corrected chi connectivity index (χ4v) is 3.52. The summed E-state index contributed by atoms with van der Waals surface area (Å²) in [6.45, 7) is 4.45. The SMILES string of the molecule is CCn1ncc2c(NC3CCOCC3)c(C(=O)NCc3ccc(Cl)cn3)cnc21. The second kappa shape index (κ2) is 8.75. The summed E-state index contributed by atoms with van der Waals surface area (Å²) in [4.78, 5) is 21.7. The lowest BCUT2D eigenvalue weighted by Crippen LogP contribution is -2.30. The van der Waals surface area contributed by atoms with E-state index < -0.39 is 0 Å². The van der Waals surface area contributed by atoms with E-state index in [1.54, 1.807) is 30.7 Å². The molecule has 1 amide bonds. The molecule has 152 valence electrons. The van der Waals surface area contributed by atoms with Crippen molar-refractivity contribution in [2.24, 2.45) is 0 Å². The van der Waals surface area contributed by atoms with E-state index in [0.29, 0.717) is 36.9 Å². The molecule has 3 aromatic heterocycles. The zero-order valence-corrected chi connectivity index (χ0v) is 16.9. The van der Waals surface area contributed by atoms with E-state index in [4.69, 9.17) is 16.3 Å². The van der Waals surface area contributed by atoms with Crippen molar-refractivity contribution in [3.63, 3.8) is 0 Å². The number of fused-ring (bicyclic) bond motifs is 1. The lowest BCUT2D eigenvalue weighted by molar-refractivity contribution is 0.0904. The predicted molar refractivity (Wildman–Crippen MR) is 111 cm³/mol. The van der Waals surface area contributed by atoms with Crippen molar-refractivity contribution in [1.82, 2.24) is 25.1 Å². The van der Waals surface area contributed by atoms with Gasteiger partial charge in [0.1, 0.15) is 0 Å². The molecular formula is C20H23ClN6O2. The lowest BCUT2D eigenvalue weighted by Gasteiger charge is -2.25. The molecule has 0 aromatic carbocycles. The highest BCUT2D eigenvalue weighted by Gasteiger charge is 2.22. The first kappa shape index (κ1) is 19.6. The van der Waals surface area contributed by atoms with E-state index in [1.165, 1.54) is 0 Å². The van der Waals surface area contributed by atoms with Gasteiger partial charge in [-0.15, -0.1) is 0 Å². The molecule has 2 N–H and O–H groups in total. The number of hydrogen-bond acceptors (Lipinski definition) is 6. The molecule has 1 saturated heterocycles. The molecule has 0 atom stereocenters. The van der Waals surface area contributed by atoms with Gasteiger partial charge in [-0.05, 0) is 31.9 Å². The second-order valence-electron chi connectivity index (χ2n) is 6.93. The topological polar surface area (TPSA) is 94.0 Å². The van der Waals surface area contributed by atoms with Crippen molar-refractivity contribution in [3.8, 4) is 0 Å². The van der Waals surface area contributed by atoms with Crippen molar-refractivity contribution in [3.05, 3.63) is 47.0 Å². The Balaban J connectivity index is 1.61. The zero-order chi connectivity index (χ0) is 20.2. The van der Waals surface area contributed by atoms with Crippen molar-refractivity contribution >= 4 is 34.2 Å². The smallest absolute Gasteiger partial charge is 0.255 e. The first-order chi connectivity index (χ1) is 14.2. The third kappa shape index (κ3) is 4.33. The van der Waals surface area contributed by atoms with Gasteiger partial charge >= 0.3 is 0 Å². The number of nitrogens with zero attached hydrogens (tertiary/aromatic N) is 4. The maximum absolute atomic E-state index is 13.0. The van der Waals surface area contributed by atoms with Gasteiger partial charge in [0.05, 0.1) is 40.1 Å². The Morgan fingerprint density at radius 2 is 2.07 bits per heavy atom. The molecule has 0 spiro atoms. The summed E-state index contributed by atoms with van der Waals surface area (Å²) in [5.41, 5.74) is 2.75. The third-order valence-corrected chi connectivity index (χ3v) is 5.22. The fraction of sp³-hybridized carbons (Fsp3) is 0.400. The number of rotatable bonds is 6. The molecule has 0 saturated carbocycles. The Morgan fingerprint density at radius 1 is 1.24 bits per heavy atom. The van der Waals surface area contributed by atoms with Crippen molar-refractivity contribution in [1.29, 1.82) is 0 Å². The van der Waals surface area contributed by atoms with Crippen LogP contribution in [0.4, 0.5) is 5.69 Å². The third-order valence-electron chi connectivity index (χ3n) is 5.00. The van der Waals surface area contributed by atoms with Gasteiger partial charge in [0, 0.05) is 38.2 Å². The number of carbonyl (C=O) groups is 1. The Labute approximate surface area is 173 Å². The summed E-state index contributed by atoms with van der Waals surface area (Å²) in [6, 6.07) is 3.78. The van der Waals surface area contributed by atoms with Crippen LogP contribution in [0.3, 0.4) is 0 Å². The number of halogens is 1. The average molecular weight is 415 g/mol. The minimum absolute atomic E-state index is 0.213. The Hall–Kier alpha value is -2.71. The summed E-state index contributed by atoms with van der Waals surface area (Å²) >= 11 is 5.87. The largest absolute Gasteiger partial charge is 0.381 e. The Bertz CT molecular complexity index is 998. The Morgan fingerprint density at radius 3 is 2.79 bits per heavy atom. The summed E-state index contributed by atoms with van der Waals surface area (Å²) in [5.74, 6) is -0.213. The molecule has 3 aromatic rings. The van der Waals surface area contributed by atoms with Crippen LogP contribution in [0.5, 0.6) is 0 Å². The molecule has 0 unspecified atom stereocenters. The molecule has 1 fully saturated rings. The number of ether oxygens (including phenoxy) is 1. The zero-order valence-electron chi connectivity index (χ0n) is 16.2. The van der Waals surface area contributed by atoms with Crippen LogP contribution in [0.15, 0.2) is 30.7 Å². The lowest BCUT2D eigenvalue weighted by atomic mass is 10.1. The maximum Gasteiger partial charge on any atom is 0.255 e. The average Bonchev–Trinajstić information content (AvgIpc) is 3.18. The van der Waals surface area contributed by atoms with Gasteiger partial charge in [-0.25, -0.2) is 9.67 Å². The molecule has 9 heteroatoms. The normalized spacial score (nSPS) is 14.8. The van der Waals surface area contributed by atoms with Crippen LogP contribution in [0.2, 0.25) is 5.02 Å². The monoisotopic (exact) mass is 414 g/mol. The van der Waals surface area contributed by atoms with Crippen LogP contribution in [0, 0.1) is 0 Å². The number of carbonyl (C=O) groups excluding carboxylic acids is 1. The van der Waals surface area contributed by atoms with Gasteiger partial charge in [-0.3, -0.25) is 9.78 Å². The minimum Gasteiger partial charge on any atom is -0.381 e. The van der Waals surface area contributed by atoms with Crippen molar-refractivity contribution in [2.45, 2.75) is 38.9 Å². The van der Waals surface area contributed by atoms with Gasteiger partial charge in [0.2, 0.25) is 0 Å². The van der Waals surface area contributed by atoms with Crippen LogP contribution >= 0.6 is 11.6 Å². The number of anilines is 1. The fourth-order valence-electron chi connectivity index (χ4n) is 3.41. The highest BCUT2D eigenvalue weighted by Crippen LogP contribution is 2.28. The second-order valence-corrected chi connectivity index (χ2v) is 7.36. The molecule has 0 aliphatic carbocycles. The van der Waals surface area contributed by atoms with Crippen LogP contribution in [-0.2, 0) is 17.8 Å². The standard InChI is InChI=1S/C20H23ClN6O2/c1-2-27-19-16(12-25-27)18(26-14-5-7-29-8-6-14)17(11-23-19)20(28)24-10-15-4-3-13(21)9-22-15/h3-4,9,11-12,14H,2,5-8,10H2,1H3,(H,23,26)(H,24,28). The highest BCUT2D eigenvalue weighted by molar-refractivity contribution is 6.30. The van der Waals surface area contributed by atoms with Crippen LogP contribution in [-0.4, -0.2) is 44.9 Å². The number of aryl methyl sites for hydroxylation is 1. The molecule has 0 bridgehead atoms. The molecule has 8 nitrogen and oxygen atoms in total. The van der Waals surface area contributed by atoms with E-state index in [0.717, 1.165) is 35.3 Å². The van der Waals surface area contributed by atoms with Gasteiger partial charge < -0.3 is 15.4 Å². The molecule has 1 aliphatic heterocycles. The first-order valence-corrected chi connectivity index (χ1v) is 10.1. The number of amides is 1. The van der Waals surface area contributed by atoms with E-state index in [-0.39, 0.29) is 11.9 Å².